The van der Waals surface area contributed by atoms with Gasteiger partial charge in [0.2, 0.25) is 0 Å². The number of ether oxygens (including phenoxy) is 4. The zero-order chi connectivity index (χ0) is 18.5. The van der Waals surface area contributed by atoms with Gasteiger partial charge in [-0.1, -0.05) is 0 Å². The second kappa shape index (κ2) is 12.3. The van der Waals surface area contributed by atoms with E-state index in [-0.39, 0.29) is 39.3 Å². The van der Waals surface area contributed by atoms with Gasteiger partial charge in [0, 0.05) is 0 Å². The number of hydrogen-bond donors (Lipinski definition) is 2. The van der Waals surface area contributed by atoms with Crippen LogP contribution in [-0.4, -0.2) is 72.7 Å². The maximum atomic E-state index is 11.3. The summed E-state index contributed by atoms with van der Waals surface area (Å²) in [7, 11) is 0. The molecular formula is C14H22O10. The summed E-state index contributed by atoms with van der Waals surface area (Å²) in [5, 5.41) is 17.4. The van der Waals surface area contributed by atoms with Crippen molar-refractivity contribution in [2.45, 2.75) is 38.9 Å². The highest BCUT2D eigenvalue weighted by molar-refractivity contribution is 5.80. The van der Waals surface area contributed by atoms with Crippen molar-refractivity contribution in [1.29, 1.82) is 0 Å². The Hall–Kier alpha value is -2.20. The largest absolute Gasteiger partial charge is 0.479 e. The molecule has 10 nitrogen and oxygen atoms in total. The van der Waals surface area contributed by atoms with Crippen LogP contribution in [0.2, 0.25) is 0 Å². The van der Waals surface area contributed by atoms with E-state index in [9.17, 15) is 19.2 Å². The molecule has 0 aliphatic rings. The summed E-state index contributed by atoms with van der Waals surface area (Å²) in [5.74, 6) is -3.49. The fourth-order valence-corrected chi connectivity index (χ4v) is 1.22. The van der Waals surface area contributed by atoms with Crippen LogP contribution in [0.3, 0.4) is 0 Å². The van der Waals surface area contributed by atoms with Crippen LogP contribution in [0, 0.1) is 0 Å². The van der Waals surface area contributed by atoms with Gasteiger partial charge in [0.15, 0.2) is 6.10 Å². The van der Waals surface area contributed by atoms with Crippen LogP contribution in [0.25, 0.3) is 0 Å². The Morgan fingerprint density at radius 2 is 1.42 bits per heavy atom. The molecule has 0 radical (unpaired) electrons. The number of aliphatic carboxylic acids is 1. The Labute approximate surface area is 138 Å². The summed E-state index contributed by atoms with van der Waals surface area (Å²) in [5.41, 5.74) is 0. The molecule has 0 fully saturated rings. The SMILES string of the molecule is CC(O)C(=O)OCCOCCOC(=O)CCC(=O)OC(C)C(=O)O. The van der Waals surface area contributed by atoms with Crippen LogP contribution in [0.15, 0.2) is 0 Å². The summed E-state index contributed by atoms with van der Waals surface area (Å²) < 4.78 is 19.0. The highest BCUT2D eigenvalue weighted by atomic mass is 16.6. The lowest BCUT2D eigenvalue weighted by atomic mass is 10.3. The Balaban J connectivity index is 3.58. The third-order valence-electron chi connectivity index (χ3n) is 2.49. The number of esters is 3. The third kappa shape index (κ3) is 11.4. The van der Waals surface area contributed by atoms with Gasteiger partial charge < -0.3 is 29.2 Å². The molecule has 0 aromatic heterocycles. The minimum Gasteiger partial charge on any atom is -0.479 e. The average Bonchev–Trinajstić information content (AvgIpc) is 2.51. The summed E-state index contributed by atoms with van der Waals surface area (Å²) in [4.78, 5) is 43.9. The Morgan fingerprint density at radius 3 is 1.96 bits per heavy atom. The summed E-state index contributed by atoms with van der Waals surface area (Å²) >= 11 is 0. The molecule has 10 heteroatoms. The lowest BCUT2D eigenvalue weighted by molar-refractivity contribution is -0.163. The lowest BCUT2D eigenvalue weighted by Crippen LogP contribution is -2.24. The molecule has 24 heavy (non-hydrogen) atoms. The summed E-state index contributed by atoms with van der Waals surface area (Å²) in [6, 6.07) is 0. The van der Waals surface area contributed by atoms with Crippen molar-refractivity contribution in [3.63, 3.8) is 0 Å². The molecule has 0 bridgehead atoms. The number of carbonyl (C=O) groups is 4. The van der Waals surface area contributed by atoms with Crippen molar-refractivity contribution in [3.05, 3.63) is 0 Å². The number of hydrogen-bond acceptors (Lipinski definition) is 9. The van der Waals surface area contributed by atoms with E-state index in [0.717, 1.165) is 0 Å². The van der Waals surface area contributed by atoms with E-state index in [1.807, 2.05) is 0 Å². The maximum Gasteiger partial charge on any atom is 0.344 e. The molecule has 0 aromatic carbocycles. The zero-order valence-electron chi connectivity index (χ0n) is 13.6. The van der Waals surface area contributed by atoms with E-state index < -0.39 is 36.1 Å². The fraction of sp³-hybridized carbons (Fsp3) is 0.714. The Bertz CT molecular complexity index is 431. The van der Waals surface area contributed by atoms with Gasteiger partial charge in [-0.2, -0.15) is 0 Å². The predicted molar refractivity (Wildman–Crippen MR) is 76.8 cm³/mol. The van der Waals surface area contributed by atoms with Crippen LogP contribution in [0.5, 0.6) is 0 Å². The second-order valence-corrected chi connectivity index (χ2v) is 4.65. The van der Waals surface area contributed by atoms with Crippen LogP contribution in [-0.2, 0) is 38.1 Å². The van der Waals surface area contributed by atoms with E-state index in [1.165, 1.54) is 13.8 Å². The van der Waals surface area contributed by atoms with Crippen LogP contribution >= 0.6 is 0 Å². The van der Waals surface area contributed by atoms with Crippen molar-refractivity contribution in [1.82, 2.24) is 0 Å². The van der Waals surface area contributed by atoms with E-state index in [1.54, 1.807) is 0 Å². The molecule has 2 unspecified atom stereocenters. The summed E-state index contributed by atoms with van der Waals surface area (Å²) in [6.07, 6.45) is -3.00. The molecule has 0 saturated carbocycles. The molecule has 138 valence electrons. The normalized spacial score (nSPS) is 12.8. The van der Waals surface area contributed by atoms with Gasteiger partial charge in [0.05, 0.1) is 26.1 Å². The van der Waals surface area contributed by atoms with Gasteiger partial charge in [0.25, 0.3) is 0 Å². The van der Waals surface area contributed by atoms with Gasteiger partial charge in [-0.15, -0.1) is 0 Å². The van der Waals surface area contributed by atoms with E-state index in [2.05, 4.69) is 9.47 Å². The van der Waals surface area contributed by atoms with E-state index >= 15 is 0 Å². The fourth-order valence-electron chi connectivity index (χ4n) is 1.22. The Morgan fingerprint density at radius 1 is 0.875 bits per heavy atom. The molecule has 0 aromatic rings. The lowest BCUT2D eigenvalue weighted by Gasteiger charge is -2.09. The zero-order valence-corrected chi connectivity index (χ0v) is 13.6. The smallest absolute Gasteiger partial charge is 0.344 e. The number of carbonyl (C=O) groups excluding carboxylic acids is 3. The van der Waals surface area contributed by atoms with Gasteiger partial charge in [0.1, 0.15) is 19.3 Å². The van der Waals surface area contributed by atoms with Crippen LogP contribution < -0.4 is 0 Å². The quantitative estimate of drug-likeness (QED) is 0.262. The molecule has 2 N–H and O–H groups in total. The monoisotopic (exact) mass is 350 g/mol. The molecular weight excluding hydrogens is 328 g/mol. The second-order valence-electron chi connectivity index (χ2n) is 4.65. The van der Waals surface area contributed by atoms with Crippen LogP contribution in [0.1, 0.15) is 26.7 Å². The van der Waals surface area contributed by atoms with Crippen LogP contribution in [0.4, 0.5) is 0 Å². The topological polar surface area (TPSA) is 146 Å². The molecule has 2 atom stereocenters. The maximum absolute atomic E-state index is 11.3. The number of carboxylic acids is 1. The molecule has 0 aliphatic carbocycles. The van der Waals surface area contributed by atoms with Crippen molar-refractivity contribution < 1.29 is 48.3 Å². The molecule has 0 spiro atoms. The highest BCUT2D eigenvalue weighted by Gasteiger charge is 2.17. The van der Waals surface area contributed by atoms with Crippen molar-refractivity contribution in [2.24, 2.45) is 0 Å². The minimum atomic E-state index is -1.28. The molecule has 0 rings (SSSR count). The van der Waals surface area contributed by atoms with Crippen molar-refractivity contribution in [2.75, 3.05) is 26.4 Å². The average molecular weight is 350 g/mol. The first-order valence-corrected chi connectivity index (χ1v) is 7.24. The van der Waals surface area contributed by atoms with E-state index in [0.29, 0.717) is 0 Å². The first-order chi connectivity index (χ1) is 11.2. The molecule has 0 aliphatic heterocycles. The van der Waals surface area contributed by atoms with Gasteiger partial charge >= 0.3 is 23.9 Å². The number of aliphatic hydroxyl groups is 1. The standard InChI is InChI=1S/C14H22O10/c1-9(15)14(20)23-8-6-21-5-7-22-11(16)3-4-12(17)24-10(2)13(18)19/h9-10,15H,3-8H2,1-2H3,(H,18,19). The number of rotatable bonds is 12. The number of aliphatic hydroxyl groups excluding tert-OH is 1. The molecule has 0 heterocycles. The minimum absolute atomic E-state index is 0.0364. The number of carboxylic acid groups (broad SMARTS) is 1. The van der Waals surface area contributed by atoms with Crippen molar-refractivity contribution in [3.8, 4) is 0 Å². The summed E-state index contributed by atoms with van der Waals surface area (Å²) in [6.45, 7) is 2.54. The first-order valence-electron chi connectivity index (χ1n) is 7.24. The van der Waals surface area contributed by atoms with Gasteiger partial charge in [-0.25, -0.2) is 9.59 Å². The van der Waals surface area contributed by atoms with Crippen molar-refractivity contribution >= 4 is 23.9 Å². The Kier molecular flexibility index (Phi) is 11.1. The van der Waals surface area contributed by atoms with Gasteiger partial charge in [-0.05, 0) is 13.8 Å². The predicted octanol–water partition coefficient (Wildman–Crippen LogP) is -0.733. The molecule has 0 amide bonds. The molecule has 0 saturated heterocycles. The highest BCUT2D eigenvalue weighted by Crippen LogP contribution is 2.00. The van der Waals surface area contributed by atoms with E-state index in [4.69, 9.17) is 19.7 Å². The first kappa shape index (κ1) is 21.8. The third-order valence-corrected chi connectivity index (χ3v) is 2.49. The van der Waals surface area contributed by atoms with Gasteiger partial charge in [-0.3, -0.25) is 9.59 Å².